The van der Waals surface area contributed by atoms with E-state index in [1.165, 1.54) is 0 Å². The third-order valence-corrected chi connectivity index (χ3v) is 4.36. The summed E-state index contributed by atoms with van der Waals surface area (Å²) in [6.07, 6.45) is 0.729. The van der Waals surface area contributed by atoms with E-state index >= 15 is 0 Å². The van der Waals surface area contributed by atoms with Gasteiger partial charge in [-0.05, 0) is 32.4 Å². The maximum absolute atomic E-state index is 12.8. The van der Waals surface area contributed by atoms with Crippen LogP contribution in [0.15, 0.2) is 18.2 Å². The number of rotatable bonds is 7. The molecule has 0 spiro atoms. The lowest BCUT2D eigenvalue weighted by atomic mass is 10.1. The number of carbonyl (C=O) groups is 2. The van der Waals surface area contributed by atoms with Gasteiger partial charge < -0.3 is 14.5 Å². The van der Waals surface area contributed by atoms with Gasteiger partial charge in [0.1, 0.15) is 0 Å². The smallest absolute Gasteiger partial charge is 0.340 e. The van der Waals surface area contributed by atoms with Crippen molar-refractivity contribution in [2.24, 2.45) is 0 Å². The zero-order chi connectivity index (χ0) is 17.6. The largest absolute Gasteiger partial charge is 0.462 e. The van der Waals surface area contributed by atoms with Gasteiger partial charge in [-0.1, -0.05) is 19.1 Å². The molecule has 1 aromatic carbocycles. The van der Waals surface area contributed by atoms with Crippen LogP contribution in [0.4, 0.5) is 5.69 Å². The summed E-state index contributed by atoms with van der Waals surface area (Å²) in [4.78, 5) is 24.9. The van der Waals surface area contributed by atoms with Gasteiger partial charge in [-0.25, -0.2) is 4.79 Å². The van der Waals surface area contributed by atoms with Crippen LogP contribution >= 0.6 is 0 Å². The fourth-order valence-electron chi connectivity index (χ4n) is 2.64. The van der Waals surface area contributed by atoms with Crippen LogP contribution in [0.3, 0.4) is 0 Å². The van der Waals surface area contributed by atoms with E-state index in [0.29, 0.717) is 22.3 Å². The summed E-state index contributed by atoms with van der Waals surface area (Å²) in [6.45, 7) is 8.86. The van der Waals surface area contributed by atoms with Crippen molar-refractivity contribution < 1.29 is 18.8 Å². The number of carbonyl (C=O) groups excluding carboxylic acids is 2. The summed E-state index contributed by atoms with van der Waals surface area (Å²) in [5.74, 6) is -0.483. The number of anilines is 1. The molecule has 0 fully saturated rings. The Bertz CT molecular complexity index is 567. The van der Waals surface area contributed by atoms with Gasteiger partial charge in [-0.2, -0.15) is 0 Å². The second-order valence-electron chi connectivity index (χ2n) is 6.23. The number of aryl methyl sites for hydroxylation is 1. The minimum Gasteiger partial charge on any atom is -0.462 e. The average Bonchev–Trinajstić information content (AvgIpc) is 2.49. The summed E-state index contributed by atoms with van der Waals surface area (Å²) in [6, 6.07) is 5.18. The van der Waals surface area contributed by atoms with E-state index in [1.807, 2.05) is 34.0 Å². The van der Waals surface area contributed by atoms with E-state index in [4.69, 9.17) is 4.74 Å². The molecule has 0 heterocycles. The third-order valence-electron chi connectivity index (χ3n) is 4.36. The number of quaternary nitrogens is 1. The lowest BCUT2D eigenvalue weighted by molar-refractivity contribution is -0.904. The molecule has 23 heavy (non-hydrogen) atoms. The van der Waals surface area contributed by atoms with Gasteiger partial charge in [-0.3, -0.25) is 4.79 Å². The van der Waals surface area contributed by atoms with Crippen molar-refractivity contribution in [2.45, 2.75) is 40.2 Å². The quantitative estimate of drug-likeness (QED) is 0.620. The molecule has 1 rings (SSSR count). The molecule has 0 radical (unpaired) electrons. The third kappa shape index (κ3) is 4.55. The van der Waals surface area contributed by atoms with E-state index in [2.05, 4.69) is 12.2 Å². The first kappa shape index (κ1) is 19.2. The molecule has 0 bridgehead atoms. The summed E-state index contributed by atoms with van der Waals surface area (Å²) in [7, 11) is 4.08. The van der Waals surface area contributed by atoms with E-state index < -0.39 is 5.97 Å². The Balaban J connectivity index is 3.13. The Kier molecular flexibility index (Phi) is 6.76. The molecule has 0 aliphatic carbocycles. The molecule has 1 unspecified atom stereocenters. The summed E-state index contributed by atoms with van der Waals surface area (Å²) < 4.78 is 5.69. The van der Waals surface area contributed by atoms with E-state index in [-0.39, 0.29) is 11.9 Å². The molecule has 0 aliphatic heterocycles. The fraction of sp³-hybridized carbons (Fsp3) is 0.556. The SMILES string of the molecule is CCOC(=O)c1cccc(C)c1NC(=O)C(CC)[N+](C)(C)CC. The highest BCUT2D eigenvalue weighted by molar-refractivity contribution is 6.03. The Labute approximate surface area is 139 Å². The minimum atomic E-state index is -0.413. The molecule has 0 saturated heterocycles. The first-order valence-electron chi connectivity index (χ1n) is 8.18. The number of hydrogen-bond donors (Lipinski definition) is 1. The predicted molar refractivity (Wildman–Crippen MR) is 92.5 cm³/mol. The number of amides is 1. The summed E-state index contributed by atoms with van der Waals surface area (Å²) in [5, 5.41) is 2.95. The van der Waals surface area contributed by atoms with Crippen LogP contribution in [0.25, 0.3) is 0 Å². The van der Waals surface area contributed by atoms with E-state index in [1.54, 1.807) is 19.1 Å². The Hall–Kier alpha value is -1.88. The van der Waals surface area contributed by atoms with E-state index in [9.17, 15) is 9.59 Å². The number of esters is 1. The highest BCUT2D eigenvalue weighted by Crippen LogP contribution is 2.23. The number of hydrogen-bond acceptors (Lipinski definition) is 3. The van der Waals surface area contributed by atoms with Gasteiger partial charge >= 0.3 is 5.97 Å². The van der Waals surface area contributed by atoms with Crippen molar-refractivity contribution in [3.8, 4) is 0 Å². The Morgan fingerprint density at radius 2 is 1.87 bits per heavy atom. The predicted octanol–water partition coefficient (Wildman–Crippen LogP) is 2.99. The second kappa shape index (κ2) is 8.11. The maximum Gasteiger partial charge on any atom is 0.340 e. The Morgan fingerprint density at radius 3 is 2.39 bits per heavy atom. The van der Waals surface area contributed by atoms with Crippen LogP contribution in [-0.4, -0.2) is 49.6 Å². The topological polar surface area (TPSA) is 55.4 Å². The summed E-state index contributed by atoms with van der Waals surface area (Å²) >= 11 is 0. The van der Waals surface area contributed by atoms with Crippen molar-refractivity contribution in [3.05, 3.63) is 29.3 Å². The zero-order valence-corrected chi connectivity index (χ0v) is 15.1. The molecule has 5 nitrogen and oxygen atoms in total. The molecule has 1 N–H and O–H groups in total. The van der Waals surface area contributed by atoms with Crippen LogP contribution in [0.2, 0.25) is 0 Å². The lowest BCUT2D eigenvalue weighted by Crippen LogP contribution is -2.54. The molecule has 1 aromatic rings. The zero-order valence-electron chi connectivity index (χ0n) is 15.1. The van der Waals surface area contributed by atoms with Gasteiger partial charge in [0.25, 0.3) is 5.91 Å². The van der Waals surface area contributed by atoms with Crippen LogP contribution in [0.1, 0.15) is 43.1 Å². The van der Waals surface area contributed by atoms with Crippen molar-refractivity contribution in [2.75, 3.05) is 32.6 Å². The van der Waals surface area contributed by atoms with Gasteiger partial charge in [0.2, 0.25) is 0 Å². The normalized spacial score (nSPS) is 12.6. The van der Waals surface area contributed by atoms with Gasteiger partial charge in [-0.15, -0.1) is 0 Å². The average molecular weight is 321 g/mol. The number of nitrogens with zero attached hydrogens (tertiary/aromatic N) is 1. The van der Waals surface area contributed by atoms with E-state index in [0.717, 1.165) is 18.5 Å². The number of likely N-dealkylation sites (N-methyl/N-ethyl adjacent to an activating group) is 1. The fourth-order valence-corrected chi connectivity index (χ4v) is 2.64. The van der Waals surface area contributed by atoms with Crippen LogP contribution in [0, 0.1) is 6.92 Å². The van der Waals surface area contributed by atoms with Crippen LogP contribution < -0.4 is 5.32 Å². The van der Waals surface area contributed by atoms with Crippen LogP contribution in [0.5, 0.6) is 0 Å². The van der Waals surface area contributed by atoms with Gasteiger partial charge in [0, 0.05) is 6.42 Å². The molecule has 0 aliphatic rings. The second-order valence-corrected chi connectivity index (χ2v) is 6.23. The van der Waals surface area contributed by atoms with Gasteiger partial charge in [0.15, 0.2) is 6.04 Å². The van der Waals surface area contributed by atoms with Crippen molar-refractivity contribution in [3.63, 3.8) is 0 Å². The van der Waals surface area contributed by atoms with Crippen LogP contribution in [-0.2, 0) is 9.53 Å². The molecule has 1 atom stereocenters. The molecule has 0 saturated carbocycles. The number of benzene rings is 1. The van der Waals surface area contributed by atoms with Gasteiger partial charge in [0.05, 0.1) is 38.5 Å². The molecular weight excluding hydrogens is 292 g/mol. The molecule has 128 valence electrons. The molecule has 0 aromatic heterocycles. The maximum atomic E-state index is 12.8. The van der Waals surface area contributed by atoms with Crippen molar-refractivity contribution >= 4 is 17.6 Å². The summed E-state index contributed by atoms with van der Waals surface area (Å²) in [5.41, 5.74) is 1.79. The molecule has 1 amide bonds. The Morgan fingerprint density at radius 1 is 1.22 bits per heavy atom. The molecule has 5 heteroatoms. The molecular formula is C18H29N2O3+. The monoisotopic (exact) mass is 321 g/mol. The highest BCUT2D eigenvalue weighted by atomic mass is 16.5. The highest BCUT2D eigenvalue weighted by Gasteiger charge is 2.32. The minimum absolute atomic E-state index is 0.0702. The first-order chi connectivity index (χ1) is 10.8. The van der Waals surface area contributed by atoms with Crippen molar-refractivity contribution in [1.82, 2.24) is 0 Å². The first-order valence-corrected chi connectivity index (χ1v) is 8.18. The lowest BCUT2D eigenvalue weighted by Gasteiger charge is -2.35. The number of para-hydroxylation sites is 1. The number of nitrogens with one attached hydrogen (secondary N) is 1. The van der Waals surface area contributed by atoms with Crippen molar-refractivity contribution in [1.29, 1.82) is 0 Å². The number of ether oxygens (including phenoxy) is 1. The standard InChI is InChI=1S/C18H28N2O3/c1-7-15(20(5,6)8-2)17(21)19-16-13(4)11-10-12-14(16)18(22)23-9-3/h10-12,15H,7-9H2,1-6H3/p+1.